The van der Waals surface area contributed by atoms with Crippen LogP contribution in [0.5, 0.6) is 0 Å². The molecule has 29 heavy (non-hydrogen) atoms. The highest BCUT2D eigenvalue weighted by atomic mass is 19.1. The van der Waals surface area contributed by atoms with E-state index < -0.39 is 11.6 Å². The van der Waals surface area contributed by atoms with Crippen LogP contribution in [0.4, 0.5) is 14.6 Å². The minimum Gasteiger partial charge on any atom is -0.370 e. The smallest absolute Gasteiger partial charge is 0.248 e. The van der Waals surface area contributed by atoms with Crippen LogP contribution in [0.25, 0.3) is 5.69 Å². The first-order valence-electron chi connectivity index (χ1n) is 9.70. The Bertz CT molecular complexity index is 889. The van der Waals surface area contributed by atoms with Gasteiger partial charge in [0.2, 0.25) is 11.8 Å². The molecule has 1 aromatic carbocycles. The second-order valence-corrected chi connectivity index (χ2v) is 7.41. The van der Waals surface area contributed by atoms with E-state index >= 15 is 0 Å². The van der Waals surface area contributed by atoms with Crippen molar-refractivity contribution in [3.05, 3.63) is 42.1 Å². The number of carbonyl (C=O) groups excluding carboxylic acids is 2. The summed E-state index contributed by atoms with van der Waals surface area (Å²) in [6.07, 6.45) is 4.47. The molecule has 0 bridgehead atoms. The molecule has 7 nitrogen and oxygen atoms in total. The van der Waals surface area contributed by atoms with Gasteiger partial charge in [-0.15, -0.1) is 0 Å². The maximum absolute atomic E-state index is 13.4. The largest absolute Gasteiger partial charge is 0.370 e. The van der Waals surface area contributed by atoms with Gasteiger partial charge in [0.1, 0.15) is 18.2 Å². The number of amides is 2. The van der Waals surface area contributed by atoms with Crippen molar-refractivity contribution in [3.8, 4) is 5.69 Å². The highest BCUT2D eigenvalue weighted by Crippen LogP contribution is 2.29. The monoisotopic (exact) mass is 404 g/mol. The molecule has 2 aliphatic rings. The van der Waals surface area contributed by atoms with Crippen LogP contribution in [0.1, 0.15) is 25.7 Å². The summed E-state index contributed by atoms with van der Waals surface area (Å²) in [7, 11) is 0. The lowest BCUT2D eigenvalue weighted by Gasteiger charge is -2.38. The minimum atomic E-state index is -0.698. The van der Waals surface area contributed by atoms with Gasteiger partial charge in [0.25, 0.3) is 0 Å². The Hall–Kier alpha value is -2.81. The predicted octanol–water partition coefficient (Wildman–Crippen LogP) is 2.51. The minimum absolute atomic E-state index is 0.0171. The molecule has 1 saturated carbocycles. The zero-order valence-electron chi connectivity index (χ0n) is 15.8. The Morgan fingerprint density at radius 3 is 2.55 bits per heavy atom. The van der Waals surface area contributed by atoms with Gasteiger partial charge < -0.3 is 15.0 Å². The van der Waals surface area contributed by atoms with Crippen LogP contribution in [0.15, 0.2) is 30.5 Å². The number of anilines is 1. The molecule has 1 aliphatic carbocycles. The van der Waals surface area contributed by atoms with E-state index in [-0.39, 0.29) is 36.1 Å². The Balaban J connectivity index is 1.33. The van der Waals surface area contributed by atoms with Crippen molar-refractivity contribution >= 4 is 17.6 Å². The zero-order chi connectivity index (χ0) is 20.4. The van der Waals surface area contributed by atoms with Gasteiger partial charge >= 0.3 is 0 Å². The van der Waals surface area contributed by atoms with Gasteiger partial charge in [-0.1, -0.05) is 0 Å². The molecule has 0 unspecified atom stereocenters. The molecule has 154 valence electrons. The van der Waals surface area contributed by atoms with E-state index in [1.807, 2.05) is 4.90 Å². The molecule has 2 heterocycles. The Kier molecular flexibility index (Phi) is 5.57. The Labute approximate surface area is 166 Å². The number of benzene rings is 1. The number of aromatic nitrogens is 2. The first kappa shape index (κ1) is 19.5. The van der Waals surface area contributed by atoms with Gasteiger partial charge in [-0.2, -0.15) is 5.10 Å². The van der Waals surface area contributed by atoms with Gasteiger partial charge in [0.05, 0.1) is 12.3 Å². The topological polar surface area (TPSA) is 76.5 Å². The summed E-state index contributed by atoms with van der Waals surface area (Å²) in [6, 6.07) is 4.86. The number of morpholine rings is 1. The quantitative estimate of drug-likeness (QED) is 0.850. The van der Waals surface area contributed by atoms with Crippen molar-refractivity contribution in [1.82, 2.24) is 14.7 Å². The van der Waals surface area contributed by atoms with Gasteiger partial charge in [-0.3, -0.25) is 9.59 Å². The molecule has 1 aromatic heterocycles. The second-order valence-electron chi connectivity index (χ2n) is 7.41. The normalized spacial score (nSPS) is 22.6. The molecule has 4 rings (SSSR count). The van der Waals surface area contributed by atoms with E-state index in [1.165, 1.54) is 10.9 Å². The molecule has 9 heteroatoms. The maximum Gasteiger partial charge on any atom is 0.248 e. The van der Waals surface area contributed by atoms with Crippen LogP contribution in [-0.4, -0.2) is 52.3 Å². The third-order valence-corrected chi connectivity index (χ3v) is 5.48. The molecule has 2 aromatic rings. The summed E-state index contributed by atoms with van der Waals surface area (Å²) >= 11 is 0. The highest BCUT2D eigenvalue weighted by Gasteiger charge is 2.32. The van der Waals surface area contributed by atoms with Crippen molar-refractivity contribution in [1.29, 1.82) is 0 Å². The van der Waals surface area contributed by atoms with Gasteiger partial charge in [0, 0.05) is 36.8 Å². The summed E-state index contributed by atoms with van der Waals surface area (Å²) in [6.45, 7) is 1.31. The van der Waals surface area contributed by atoms with Crippen LogP contribution in [0, 0.1) is 17.6 Å². The highest BCUT2D eigenvalue weighted by molar-refractivity contribution is 5.91. The van der Waals surface area contributed by atoms with Crippen molar-refractivity contribution < 1.29 is 23.1 Å². The summed E-state index contributed by atoms with van der Waals surface area (Å²) in [5.74, 6) is -1.34. The lowest BCUT2D eigenvalue weighted by Crippen LogP contribution is -2.49. The van der Waals surface area contributed by atoms with E-state index in [2.05, 4.69) is 10.4 Å². The van der Waals surface area contributed by atoms with E-state index in [0.717, 1.165) is 31.0 Å². The number of carbonyl (C=O) groups is 2. The van der Waals surface area contributed by atoms with Crippen molar-refractivity contribution in [3.63, 3.8) is 0 Å². The van der Waals surface area contributed by atoms with Crippen molar-refractivity contribution in [2.45, 2.75) is 31.7 Å². The Morgan fingerprint density at radius 2 is 1.86 bits per heavy atom. The lowest BCUT2D eigenvalue weighted by atomic mass is 9.84. The van der Waals surface area contributed by atoms with Crippen LogP contribution in [0.3, 0.4) is 0 Å². The van der Waals surface area contributed by atoms with Gasteiger partial charge in [-0.05, 0) is 37.8 Å². The number of hydrogen-bond acceptors (Lipinski definition) is 4. The molecule has 1 saturated heterocycles. The average Bonchev–Trinajstić information content (AvgIpc) is 3.16. The molecule has 0 atom stereocenters. The average molecular weight is 404 g/mol. The first-order chi connectivity index (χ1) is 14.0. The van der Waals surface area contributed by atoms with E-state index in [9.17, 15) is 18.4 Å². The molecule has 1 aliphatic heterocycles. The molecule has 2 fully saturated rings. The van der Waals surface area contributed by atoms with Crippen molar-refractivity contribution in [2.75, 3.05) is 25.1 Å². The summed E-state index contributed by atoms with van der Waals surface area (Å²) in [4.78, 5) is 26.4. The standard InChI is InChI=1S/C20H22F2N4O3/c21-14-9-15(22)11-17(10-14)26-6-5-18(24-26)23-20(28)13-1-3-16(4-2-13)25-7-8-29-12-19(25)27/h5-6,9-11,13,16H,1-4,7-8,12H2,(H,23,24,28)/t13-,16+. The van der Waals surface area contributed by atoms with Gasteiger partial charge in [0.15, 0.2) is 5.82 Å². The van der Waals surface area contributed by atoms with Crippen LogP contribution in [-0.2, 0) is 14.3 Å². The molecular formula is C20H22F2N4O3. The predicted molar refractivity (Wildman–Crippen MR) is 100 cm³/mol. The zero-order valence-corrected chi connectivity index (χ0v) is 15.8. The fourth-order valence-electron chi connectivity index (χ4n) is 4.00. The number of nitrogens with zero attached hydrogens (tertiary/aromatic N) is 3. The van der Waals surface area contributed by atoms with E-state index in [0.29, 0.717) is 31.8 Å². The number of hydrogen-bond donors (Lipinski definition) is 1. The number of rotatable bonds is 4. The molecule has 1 N–H and O–H groups in total. The number of nitrogens with one attached hydrogen (secondary N) is 1. The number of ether oxygens (including phenoxy) is 1. The summed E-state index contributed by atoms with van der Waals surface area (Å²) < 4.78 is 33.2. The SMILES string of the molecule is O=C1COCCN1[C@H]1CC[C@@H](C(=O)Nc2ccn(-c3cc(F)cc(F)c3)n2)CC1. The molecule has 2 amide bonds. The molecular weight excluding hydrogens is 382 g/mol. The van der Waals surface area contributed by atoms with Crippen LogP contribution in [0.2, 0.25) is 0 Å². The first-order valence-corrected chi connectivity index (χ1v) is 9.70. The Morgan fingerprint density at radius 1 is 1.14 bits per heavy atom. The fraction of sp³-hybridized carbons (Fsp3) is 0.450. The lowest BCUT2D eigenvalue weighted by molar-refractivity contribution is -0.146. The van der Waals surface area contributed by atoms with Crippen LogP contribution < -0.4 is 5.32 Å². The maximum atomic E-state index is 13.4. The summed E-state index contributed by atoms with van der Waals surface area (Å²) in [5.41, 5.74) is 0.235. The second kappa shape index (κ2) is 8.28. The molecule has 0 spiro atoms. The number of halogens is 2. The van der Waals surface area contributed by atoms with E-state index in [1.54, 1.807) is 6.07 Å². The third kappa shape index (κ3) is 4.45. The summed E-state index contributed by atoms with van der Waals surface area (Å²) in [5, 5.41) is 6.96. The third-order valence-electron chi connectivity index (χ3n) is 5.48. The van der Waals surface area contributed by atoms with Crippen LogP contribution >= 0.6 is 0 Å². The van der Waals surface area contributed by atoms with Crippen molar-refractivity contribution in [2.24, 2.45) is 5.92 Å². The molecule has 0 radical (unpaired) electrons. The van der Waals surface area contributed by atoms with E-state index in [4.69, 9.17) is 4.74 Å². The fourth-order valence-corrected chi connectivity index (χ4v) is 4.00. The van der Waals surface area contributed by atoms with Gasteiger partial charge in [-0.25, -0.2) is 13.5 Å².